The zero-order valence-electron chi connectivity index (χ0n) is 12.8. The summed E-state index contributed by atoms with van der Waals surface area (Å²) >= 11 is 0. The Bertz CT molecular complexity index is 624. The van der Waals surface area contributed by atoms with Crippen LogP contribution < -0.4 is 5.32 Å². The number of hydrogen-bond acceptors (Lipinski definition) is 4. The van der Waals surface area contributed by atoms with E-state index < -0.39 is 0 Å². The largest absolute Gasteiger partial charge is 0.340 e. The molecule has 0 saturated carbocycles. The van der Waals surface area contributed by atoms with Gasteiger partial charge < -0.3 is 10.2 Å². The van der Waals surface area contributed by atoms with Gasteiger partial charge in [0.25, 0.3) is 0 Å². The first-order valence-electron chi connectivity index (χ1n) is 7.69. The van der Waals surface area contributed by atoms with Crippen molar-refractivity contribution >= 4 is 5.91 Å². The van der Waals surface area contributed by atoms with Crippen LogP contribution in [0.25, 0.3) is 5.69 Å². The monoisotopic (exact) mass is 299 g/mol. The predicted molar refractivity (Wildman–Crippen MR) is 83.7 cm³/mol. The number of hydrogen-bond donors (Lipinski definition) is 1. The lowest BCUT2D eigenvalue weighted by Crippen LogP contribution is -2.51. The summed E-state index contributed by atoms with van der Waals surface area (Å²) in [6, 6.07) is 10.3. The summed E-state index contributed by atoms with van der Waals surface area (Å²) in [5, 5.41) is 11.5. The number of carbonyl (C=O) groups excluding carboxylic acids is 1. The number of carbonyl (C=O) groups is 1. The summed E-state index contributed by atoms with van der Waals surface area (Å²) in [5.74, 6) is 1.01. The van der Waals surface area contributed by atoms with E-state index >= 15 is 0 Å². The van der Waals surface area contributed by atoms with Crippen LogP contribution in [0.5, 0.6) is 0 Å². The van der Waals surface area contributed by atoms with Crippen molar-refractivity contribution in [3.63, 3.8) is 0 Å². The third kappa shape index (κ3) is 3.33. The Morgan fingerprint density at radius 1 is 1.36 bits per heavy atom. The van der Waals surface area contributed by atoms with Crippen LogP contribution >= 0.6 is 0 Å². The van der Waals surface area contributed by atoms with Crippen molar-refractivity contribution in [3.05, 3.63) is 42.5 Å². The van der Waals surface area contributed by atoms with Gasteiger partial charge in [0.2, 0.25) is 5.91 Å². The number of para-hydroxylation sites is 1. The van der Waals surface area contributed by atoms with E-state index in [0.717, 1.165) is 31.1 Å². The molecule has 2 aromatic rings. The van der Waals surface area contributed by atoms with Crippen LogP contribution in [0.2, 0.25) is 0 Å². The van der Waals surface area contributed by atoms with Crippen LogP contribution in [0.4, 0.5) is 0 Å². The van der Waals surface area contributed by atoms with Crippen molar-refractivity contribution in [2.75, 3.05) is 19.6 Å². The van der Waals surface area contributed by atoms with Crippen LogP contribution in [-0.4, -0.2) is 51.2 Å². The average Bonchev–Trinajstić information content (AvgIpc) is 3.02. The minimum absolute atomic E-state index is 0.191. The highest BCUT2D eigenvalue weighted by Gasteiger charge is 2.20. The number of rotatable bonds is 4. The van der Waals surface area contributed by atoms with Gasteiger partial charge in [-0.15, -0.1) is 10.2 Å². The van der Waals surface area contributed by atoms with Gasteiger partial charge >= 0.3 is 0 Å². The number of piperazine rings is 1. The molecule has 0 radical (unpaired) electrons. The summed E-state index contributed by atoms with van der Waals surface area (Å²) in [4.78, 5) is 14.3. The summed E-state index contributed by atoms with van der Waals surface area (Å²) in [5.41, 5.74) is 1.02. The summed E-state index contributed by atoms with van der Waals surface area (Å²) in [6.07, 6.45) is 2.77. The normalized spacial score (nSPS) is 18.4. The topological polar surface area (TPSA) is 63.1 Å². The fraction of sp³-hybridized carbons (Fsp3) is 0.438. The van der Waals surface area contributed by atoms with E-state index in [-0.39, 0.29) is 5.91 Å². The SMILES string of the molecule is C[C@@H]1CN(C(=O)CCc2nncn2-c2ccccc2)CCN1. The van der Waals surface area contributed by atoms with Crippen molar-refractivity contribution in [3.8, 4) is 5.69 Å². The number of aromatic nitrogens is 3. The first-order chi connectivity index (χ1) is 10.7. The molecular formula is C16H21N5O. The summed E-state index contributed by atoms with van der Waals surface area (Å²) in [7, 11) is 0. The van der Waals surface area contributed by atoms with Gasteiger partial charge in [0.05, 0.1) is 0 Å². The molecule has 1 atom stereocenters. The molecule has 1 aliphatic rings. The van der Waals surface area contributed by atoms with E-state index in [1.807, 2.05) is 39.8 Å². The fourth-order valence-electron chi connectivity index (χ4n) is 2.77. The summed E-state index contributed by atoms with van der Waals surface area (Å²) < 4.78 is 1.94. The third-order valence-corrected chi connectivity index (χ3v) is 3.94. The van der Waals surface area contributed by atoms with Crippen LogP contribution in [-0.2, 0) is 11.2 Å². The molecule has 1 N–H and O–H groups in total. The van der Waals surface area contributed by atoms with Gasteiger partial charge in [-0.2, -0.15) is 0 Å². The molecule has 1 aromatic heterocycles. The lowest BCUT2D eigenvalue weighted by atomic mass is 10.2. The van der Waals surface area contributed by atoms with E-state index in [4.69, 9.17) is 0 Å². The quantitative estimate of drug-likeness (QED) is 0.915. The molecule has 0 bridgehead atoms. The predicted octanol–water partition coefficient (Wildman–Crippen LogP) is 1.02. The lowest BCUT2D eigenvalue weighted by molar-refractivity contribution is -0.132. The van der Waals surface area contributed by atoms with E-state index in [1.165, 1.54) is 0 Å². The zero-order chi connectivity index (χ0) is 15.4. The molecule has 1 saturated heterocycles. The average molecular weight is 299 g/mol. The van der Waals surface area contributed by atoms with Crippen LogP contribution in [0.15, 0.2) is 36.7 Å². The van der Waals surface area contributed by atoms with Crippen molar-refractivity contribution in [2.24, 2.45) is 0 Å². The van der Waals surface area contributed by atoms with Gasteiger partial charge in [-0.1, -0.05) is 18.2 Å². The Labute approximate surface area is 130 Å². The second kappa shape index (κ2) is 6.70. The van der Waals surface area contributed by atoms with Gasteiger partial charge in [0.1, 0.15) is 12.2 Å². The first kappa shape index (κ1) is 14.7. The molecule has 1 aliphatic heterocycles. The maximum absolute atomic E-state index is 12.3. The Morgan fingerprint density at radius 2 is 2.18 bits per heavy atom. The molecular weight excluding hydrogens is 278 g/mol. The molecule has 0 spiro atoms. The van der Waals surface area contributed by atoms with Crippen molar-refractivity contribution in [1.29, 1.82) is 0 Å². The minimum Gasteiger partial charge on any atom is -0.340 e. The molecule has 116 valence electrons. The number of amides is 1. The standard InChI is InChI=1S/C16H21N5O/c1-13-11-20(10-9-17-13)16(22)8-7-15-19-18-12-21(15)14-5-3-2-4-6-14/h2-6,12-13,17H,7-11H2,1H3/t13-/m1/s1. The Hall–Kier alpha value is -2.21. The van der Waals surface area contributed by atoms with Crippen molar-refractivity contribution in [2.45, 2.75) is 25.8 Å². The van der Waals surface area contributed by atoms with Gasteiger partial charge in [0, 0.05) is 44.2 Å². The van der Waals surface area contributed by atoms with Gasteiger partial charge in [-0.3, -0.25) is 9.36 Å². The highest BCUT2D eigenvalue weighted by molar-refractivity contribution is 5.76. The zero-order valence-corrected chi connectivity index (χ0v) is 12.8. The molecule has 6 heteroatoms. The van der Waals surface area contributed by atoms with E-state index in [1.54, 1.807) is 6.33 Å². The molecule has 1 amide bonds. The maximum Gasteiger partial charge on any atom is 0.223 e. The highest BCUT2D eigenvalue weighted by atomic mass is 16.2. The lowest BCUT2D eigenvalue weighted by Gasteiger charge is -2.31. The molecule has 2 heterocycles. The number of nitrogens with zero attached hydrogens (tertiary/aromatic N) is 4. The molecule has 0 aliphatic carbocycles. The highest BCUT2D eigenvalue weighted by Crippen LogP contribution is 2.11. The Kier molecular flexibility index (Phi) is 4.48. The fourth-order valence-corrected chi connectivity index (χ4v) is 2.77. The van der Waals surface area contributed by atoms with E-state index in [9.17, 15) is 4.79 Å². The molecule has 0 unspecified atom stereocenters. The smallest absolute Gasteiger partial charge is 0.223 e. The summed E-state index contributed by atoms with van der Waals surface area (Å²) in [6.45, 7) is 4.54. The van der Waals surface area contributed by atoms with Gasteiger partial charge in [-0.25, -0.2) is 0 Å². The molecule has 1 fully saturated rings. The van der Waals surface area contributed by atoms with Crippen LogP contribution in [0.1, 0.15) is 19.2 Å². The van der Waals surface area contributed by atoms with Crippen LogP contribution in [0.3, 0.4) is 0 Å². The Balaban J connectivity index is 1.63. The number of nitrogens with one attached hydrogen (secondary N) is 1. The van der Waals surface area contributed by atoms with Gasteiger partial charge in [-0.05, 0) is 19.1 Å². The minimum atomic E-state index is 0.191. The second-order valence-electron chi connectivity index (χ2n) is 5.65. The molecule has 22 heavy (non-hydrogen) atoms. The van der Waals surface area contributed by atoms with Gasteiger partial charge in [0.15, 0.2) is 0 Å². The number of benzene rings is 1. The van der Waals surface area contributed by atoms with Crippen molar-refractivity contribution in [1.82, 2.24) is 25.0 Å². The maximum atomic E-state index is 12.3. The van der Waals surface area contributed by atoms with E-state index in [2.05, 4.69) is 22.4 Å². The Morgan fingerprint density at radius 3 is 2.95 bits per heavy atom. The first-order valence-corrected chi connectivity index (χ1v) is 7.69. The van der Waals surface area contributed by atoms with Crippen molar-refractivity contribution < 1.29 is 4.79 Å². The number of aryl methyl sites for hydroxylation is 1. The van der Waals surface area contributed by atoms with Crippen LogP contribution in [0, 0.1) is 0 Å². The van der Waals surface area contributed by atoms with E-state index in [0.29, 0.717) is 18.9 Å². The second-order valence-corrected chi connectivity index (χ2v) is 5.65. The molecule has 3 rings (SSSR count). The molecule has 1 aromatic carbocycles. The molecule has 6 nitrogen and oxygen atoms in total. The third-order valence-electron chi connectivity index (χ3n) is 3.94.